The molecule has 0 fully saturated rings. The van der Waals surface area contributed by atoms with Crippen LogP contribution in [0.2, 0.25) is 70.3 Å². The van der Waals surface area contributed by atoms with Gasteiger partial charge in [-0.15, -0.1) is 0 Å². The zero-order chi connectivity index (χ0) is 110. The fourth-order valence-corrected chi connectivity index (χ4v) is 20.4. The van der Waals surface area contributed by atoms with E-state index in [4.69, 9.17) is 218 Å². The zero-order valence-electron chi connectivity index (χ0n) is 80.9. The fourth-order valence-electron chi connectivity index (χ4n) is 15.0. The number of benzene rings is 11. The molecule has 4 aliphatic rings. The predicted octanol–water partition coefficient (Wildman–Crippen LogP) is 24.7. The number of carbonyl (C=O) groups excluding carboxylic acids is 7. The predicted molar refractivity (Wildman–Crippen MR) is 591 cm³/mol. The van der Waals surface area contributed by atoms with Crippen LogP contribution in [0.3, 0.4) is 0 Å². The molecular weight excluding hydrogens is 2390 g/mol. The Kier molecular flexibility index (Phi) is 46.3. The van der Waals surface area contributed by atoms with E-state index >= 15 is 0 Å². The van der Waals surface area contributed by atoms with Crippen LogP contribution in [0.15, 0.2) is 191 Å². The van der Waals surface area contributed by atoms with Crippen LogP contribution in [0.4, 0.5) is 13.2 Å². The molecule has 0 aromatic heterocycles. The van der Waals surface area contributed by atoms with E-state index in [1.165, 1.54) is 57.7 Å². The number of hydrogen-bond acceptors (Lipinski definition) is 19. The maximum Gasteiger partial charge on any atom is 1.00 e. The molecule has 0 radical (unpaired) electrons. The molecule has 0 bridgehead atoms. The number of amides is 3. The van der Waals surface area contributed by atoms with Crippen molar-refractivity contribution in [1.82, 2.24) is 16.0 Å². The Morgan fingerprint density at radius 2 is 0.620 bits per heavy atom. The van der Waals surface area contributed by atoms with Crippen molar-refractivity contribution in [1.29, 1.82) is 0 Å². The largest absolute Gasteiger partial charge is 1.00 e. The van der Waals surface area contributed by atoms with E-state index < -0.39 is 112 Å². The SMILES string of the molecule is CC1(C)C=Cc2c(C[C@H](NC(=O)c3c(Cl)cccc3Cl)C(=O)O)ccc(-c3c(Cl)cc(F)cc3Cl)c2O1.COC(=O)[C@@H](N)Cc1ccc(Br)c2c1C=CC(C)(C)O2.COC(=O)[C@H](Cc1ccc(-c2c(Cl)cc(F)cc2Cl)c2c1C=CC(C)(C)O2)NC(=O)c1c(Cl)cccc1Cl.COC(=O)[C@H](Cc1ccc(Br)c2c1C=CC(C)(C)O2)NC(=O)c1c(Cl)cccc1Cl.O=C(Cl)c1c(Cl)cccc1Cl.OB(O)c1c(Cl)cc(F)cc1Cl.[Li+].[OH-]. The van der Waals surface area contributed by atoms with Gasteiger partial charge in [0.15, 0.2) is 0 Å². The Morgan fingerprint density at radius 3 is 0.887 bits per heavy atom. The van der Waals surface area contributed by atoms with Gasteiger partial charge in [0.25, 0.3) is 23.0 Å². The minimum absolute atomic E-state index is 0. The summed E-state index contributed by atoms with van der Waals surface area (Å²) in [7, 11) is 2.05. The number of carboxylic acids is 1. The van der Waals surface area contributed by atoms with Gasteiger partial charge >= 0.3 is 49.9 Å². The van der Waals surface area contributed by atoms with Gasteiger partial charge in [-0.3, -0.25) is 24.0 Å². The van der Waals surface area contributed by atoms with Crippen molar-refractivity contribution >= 4 is 290 Å². The minimum atomic E-state index is -1.79. The van der Waals surface area contributed by atoms with E-state index in [0.717, 1.165) is 61.2 Å². The molecule has 4 atom stereocenters. The molecule has 786 valence electrons. The molecule has 0 aliphatic carbocycles. The van der Waals surface area contributed by atoms with E-state index in [0.29, 0.717) is 68.2 Å². The van der Waals surface area contributed by atoms with Gasteiger partial charge in [0.1, 0.15) is 87.0 Å². The van der Waals surface area contributed by atoms with Crippen LogP contribution in [-0.4, -0.2) is 142 Å². The van der Waals surface area contributed by atoms with E-state index in [2.05, 4.69) is 52.5 Å². The number of aliphatic carboxylic acids is 1. The summed E-state index contributed by atoms with van der Waals surface area (Å²) in [5.74, 6) is -4.23. The first-order valence-electron chi connectivity index (χ1n) is 43.8. The van der Waals surface area contributed by atoms with Gasteiger partial charge in [0.2, 0.25) is 0 Å². The average molecular weight is 2480 g/mol. The third-order valence-electron chi connectivity index (χ3n) is 22.1. The molecule has 3 amide bonds. The summed E-state index contributed by atoms with van der Waals surface area (Å²) >= 11 is 96.8. The summed E-state index contributed by atoms with van der Waals surface area (Å²) in [5, 5.41) is 36.3. The third kappa shape index (κ3) is 32.7. The van der Waals surface area contributed by atoms with Gasteiger partial charge in [-0.2, -0.15) is 0 Å². The molecule has 4 heterocycles. The van der Waals surface area contributed by atoms with Crippen LogP contribution < -0.4 is 65.0 Å². The average Bonchev–Trinajstić information content (AvgIpc) is 0.761. The third-order valence-corrected chi connectivity index (χ3v) is 27.9. The number of carboxylic acid groups (broad SMARTS) is 1. The maximum absolute atomic E-state index is 13.9. The van der Waals surface area contributed by atoms with Crippen LogP contribution in [0.5, 0.6) is 23.0 Å². The number of halogens is 20. The molecule has 0 unspecified atom stereocenters. The molecular formula is C105H88BBr2Cl15F3LiN4O19. The molecule has 0 saturated carbocycles. The number of nitrogens with one attached hydrogen (secondary N) is 3. The molecule has 15 rings (SSSR count). The van der Waals surface area contributed by atoms with Gasteiger partial charge in [0.05, 0.1) is 113 Å². The standard InChI is InChI=1S/C28H22Cl4FNO4.C27H20Cl4FNO4.C22H20BrCl2NO4.C15H18BrNO3.C7H3Cl3O.C6H4BCl2FO2.Li.H2O/c1-28(2)10-9-16-14(7-8-17(25(16)38-28)23-20(31)12-15(33)13-21(23)32)11-22(27(36)37-3)34-26(35)24-18(29)5-4-6-19(24)30;1-27(2)9-8-15-13(6-7-16(24(15)37-27)22-19(30)11-14(32)12-20(22)31)10-21(26(35)36)33-25(34)23-17(28)4-3-5-18(23)29;1-22(2)10-9-13-12(7-8-14(23)19(13)30-22)11-17(21(28)29-3)26-20(27)18-15(24)5-4-6-16(18)25;1-15(2)7-6-10-9(8-12(17)14(18)19-3)4-5-11(16)13(10)20-15;8-4-2-1-3-5(9)6(4)7(10)11;8-4-1-3(10)2-5(9)6(4)7(11)12;;/h4-10,12-13,22H,11H2,1-3H3,(H,34,35);3-9,11-12,21H,10H2,1-2H3,(H,33,34)(H,35,36);4-10,17H,11H2,1-3H3,(H,26,27);4-7,12H,8,17H2,1-3H3;1-3H;1-2,11-12H;;1H2/q;;;;;;+1;/p-1/t22-;21-;17-;12-;;;;/m0000..../s1. The van der Waals surface area contributed by atoms with Crippen LogP contribution in [0.25, 0.3) is 46.6 Å². The fraction of sp³-hybridized carbons (Fsp3) is 0.219. The van der Waals surface area contributed by atoms with Gasteiger partial charge in [0, 0.05) is 79.3 Å². The second-order valence-electron chi connectivity index (χ2n) is 34.8. The van der Waals surface area contributed by atoms with Crippen LogP contribution in [0, 0.1) is 17.5 Å². The Bertz CT molecular complexity index is 7000. The van der Waals surface area contributed by atoms with Crippen molar-refractivity contribution in [3.63, 3.8) is 0 Å². The Labute approximate surface area is 965 Å². The molecule has 11 aromatic carbocycles. The minimum Gasteiger partial charge on any atom is -0.870 e. The second-order valence-corrected chi connectivity index (χ2v) is 42.6. The van der Waals surface area contributed by atoms with Crippen LogP contribution >= 0.6 is 206 Å². The van der Waals surface area contributed by atoms with Gasteiger partial charge in [-0.1, -0.05) is 247 Å². The smallest absolute Gasteiger partial charge is 0.870 e. The summed E-state index contributed by atoms with van der Waals surface area (Å²) in [6.07, 6.45) is 15.9. The molecule has 9 N–H and O–H groups in total. The van der Waals surface area contributed by atoms with E-state index in [1.807, 2.05) is 128 Å². The topological polar surface area (TPSA) is 354 Å². The first-order valence-corrected chi connectivity index (χ1v) is 51.0. The Hall–Kier alpha value is -8.86. The summed E-state index contributed by atoms with van der Waals surface area (Å²) in [5.41, 5.74) is 11.8. The zero-order valence-corrected chi connectivity index (χ0v) is 95.4. The molecule has 23 nitrogen and oxygen atoms in total. The van der Waals surface area contributed by atoms with Crippen molar-refractivity contribution in [3.8, 4) is 45.3 Å². The number of carbonyl (C=O) groups is 8. The molecule has 11 aromatic rings. The molecule has 45 heteroatoms. The Balaban J connectivity index is 0.000000229. The van der Waals surface area contributed by atoms with E-state index in [9.17, 15) is 56.6 Å². The number of esters is 3. The van der Waals surface area contributed by atoms with Crippen molar-refractivity contribution in [2.45, 2.75) is 128 Å². The number of nitrogens with two attached hydrogens (primary N) is 1. The molecule has 0 saturated heterocycles. The van der Waals surface area contributed by atoms with E-state index in [1.54, 1.807) is 72.8 Å². The quantitative estimate of drug-likeness (QED) is 0.0143. The normalized spacial score (nSPS) is 14.0. The summed E-state index contributed by atoms with van der Waals surface area (Å²) in [4.78, 5) is 98.1. The van der Waals surface area contributed by atoms with E-state index in [-0.39, 0.29) is 147 Å². The van der Waals surface area contributed by atoms with Crippen molar-refractivity contribution in [2.24, 2.45) is 5.73 Å². The Morgan fingerprint density at radius 1 is 0.373 bits per heavy atom. The van der Waals surface area contributed by atoms with Crippen molar-refractivity contribution in [3.05, 3.63) is 346 Å². The molecule has 4 aliphatic heterocycles. The second kappa shape index (κ2) is 55.0. The first kappa shape index (κ1) is 126. The summed E-state index contributed by atoms with van der Waals surface area (Å²) in [6, 6.07) is 35.8. The molecule has 150 heavy (non-hydrogen) atoms. The monoisotopic (exact) mass is 2470 g/mol. The number of ether oxygens (including phenoxy) is 7. The van der Waals surface area contributed by atoms with Crippen LogP contribution in [-0.2, 0) is 59.1 Å². The maximum atomic E-state index is 13.9. The number of rotatable bonds is 22. The van der Waals surface area contributed by atoms with Gasteiger partial charge in [-0.05, 0) is 249 Å². The van der Waals surface area contributed by atoms with Gasteiger partial charge < -0.3 is 75.5 Å². The van der Waals surface area contributed by atoms with Crippen LogP contribution in [0.1, 0.15) is 141 Å². The molecule has 0 spiro atoms. The number of hydrogen-bond donors (Lipinski definition) is 7. The van der Waals surface area contributed by atoms with Gasteiger partial charge in [-0.25, -0.2) is 27.6 Å². The van der Waals surface area contributed by atoms with Crippen molar-refractivity contribution in [2.75, 3.05) is 21.3 Å². The summed E-state index contributed by atoms with van der Waals surface area (Å²) in [6.45, 7) is 15.3. The number of fused-ring (bicyclic) bond motifs is 4. The summed E-state index contributed by atoms with van der Waals surface area (Å²) < 4.78 is 81.0. The number of methoxy groups -OCH3 is 3. The van der Waals surface area contributed by atoms with Crippen molar-refractivity contribution < 1.29 is 124 Å². The first-order chi connectivity index (χ1) is 69.4.